The Balaban J connectivity index is 0.00000145. The number of anilines is 1. The molecule has 0 saturated heterocycles. The van der Waals surface area contributed by atoms with E-state index in [4.69, 9.17) is 15.2 Å². The number of hydrogen-bond donors (Lipinski definition) is 2. The van der Waals surface area contributed by atoms with Gasteiger partial charge < -0.3 is 20.5 Å². The van der Waals surface area contributed by atoms with Gasteiger partial charge in [-0.1, -0.05) is 26.0 Å². The van der Waals surface area contributed by atoms with Gasteiger partial charge in [0.15, 0.2) is 11.5 Å². The van der Waals surface area contributed by atoms with Crippen molar-refractivity contribution in [1.29, 1.82) is 0 Å². The topological polar surface area (TPSA) is 76.8 Å². The van der Waals surface area contributed by atoms with Crippen LogP contribution < -0.4 is 20.5 Å². The molecule has 1 aliphatic rings. The first-order valence-electron chi connectivity index (χ1n) is 10.1. The number of para-hydroxylation sites is 1. The molecule has 29 heavy (non-hydrogen) atoms. The van der Waals surface area contributed by atoms with Crippen molar-refractivity contribution in [2.24, 2.45) is 0 Å². The van der Waals surface area contributed by atoms with E-state index in [0.717, 1.165) is 43.1 Å². The summed E-state index contributed by atoms with van der Waals surface area (Å²) in [7, 11) is 3.31. The molecule has 6 nitrogen and oxygen atoms in total. The number of methoxy groups -OCH3 is 2. The quantitative estimate of drug-likeness (QED) is 0.728. The maximum absolute atomic E-state index is 12.4. The van der Waals surface area contributed by atoms with Crippen molar-refractivity contribution in [3.05, 3.63) is 52.6 Å². The molecular weight excluding hydrogens is 366 g/mol. The molecule has 0 aliphatic carbocycles. The number of nitrogen functional groups attached to an aromatic ring is 1. The molecule has 0 spiro atoms. The van der Waals surface area contributed by atoms with E-state index in [0.29, 0.717) is 17.8 Å². The summed E-state index contributed by atoms with van der Waals surface area (Å²) >= 11 is 0. The summed E-state index contributed by atoms with van der Waals surface area (Å²) in [6.07, 6.45) is 0.953. The van der Waals surface area contributed by atoms with E-state index in [-0.39, 0.29) is 5.91 Å². The van der Waals surface area contributed by atoms with Crippen LogP contribution in [0.2, 0.25) is 0 Å². The van der Waals surface area contributed by atoms with E-state index in [9.17, 15) is 4.79 Å². The van der Waals surface area contributed by atoms with Crippen LogP contribution in [0.3, 0.4) is 0 Å². The number of nitrogens with two attached hydrogens (primary N) is 1. The predicted molar refractivity (Wildman–Crippen MR) is 118 cm³/mol. The zero-order valence-electron chi connectivity index (χ0n) is 18.2. The highest BCUT2D eigenvalue weighted by atomic mass is 16.5. The second kappa shape index (κ2) is 10.7. The third-order valence-corrected chi connectivity index (χ3v) is 5.08. The Morgan fingerprint density at radius 3 is 2.45 bits per heavy atom. The van der Waals surface area contributed by atoms with Crippen molar-refractivity contribution in [3.8, 4) is 11.5 Å². The summed E-state index contributed by atoms with van der Waals surface area (Å²) in [4.78, 5) is 14.7. The van der Waals surface area contributed by atoms with E-state index < -0.39 is 0 Å². The molecular formula is C23H33N3O3. The van der Waals surface area contributed by atoms with Crippen molar-refractivity contribution in [3.63, 3.8) is 0 Å². The third-order valence-electron chi connectivity index (χ3n) is 5.08. The van der Waals surface area contributed by atoms with Crippen LogP contribution in [-0.2, 0) is 13.0 Å². The molecule has 3 N–H and O–H groups in total. The van der Waals surface area contributed by atoms with Crippen LogP contribution in [0.15, 0.2) is 30.3 Å². The molecule has 0 aromatic heterocycles. The number of amides is 1. The van der Waals surface area contributed by atoms with Gasteiger partial charge in [0.1, 0.15) is 0 Å². The van der Waals surface area contributed by atoms with Gasteiger partial charge in [0.2, 0.25) is 0 Å². The number of rotatable bonds is 6. The molecule has 0 saturated carbocycles. The Hall–Kier alpha value is -2.73. The van der Waals surface area contributed by atoms with Crippen LogP contribution >= 0.6 is 0 Å². The number of carbonyl (C=O) groups is 1. The van der Waals surface area contributed by atoms with Gasteiger partial charge in [0.05, 0.1) is 19.8 Å². The van der Waals surface area contributed by atoms with Gasteiger partial charge in [-0.3, -0.25) is 9.69 Å². The van der Waals surface area contributed by atoms with E-state index in [1.54, 1.807) is 20.3 Å². The highest BCUT2D eigenvalue weighted by Gasteiger charge is 2.19. The number of ether oxygens (including phenoxy) is 2. The second-order valence-corrected chi connectivity index (χ2v) is 6.79. The van der Waals surface area contributed by atoms with E-state index in [1.165, 1.54) is 11.1 Å². The third kappa shape index (κ3) is 5.41. The van der Waals surface area contributed by atoms with E-state index in [1.807, 2.05) is 39.0 Å². The molecule has 0 bridgehead atoms. The first kappa shape index (κ1) is 22.6. The Morgan fingerprint density at radius 1 is 1.14 bits per heavy atom. The number of benzene rings is 2. The molecule has 158 valence electrons. The Kier molecular flexibility index (Phi) is 8.34. The summed E-state index contributed by atoms with van der Waals surface area (Å²) in [6.45, 7) is 9.05. The molecule has 1 aliphatic heterocycles. The fraction of sp³-hybridized carbons (Fsp3) is 0.435. The van der Waals surface area contributed by atoms with Crippen molar-refractivity contribution < 1.29 is 14.3 Å². The largest absolute Gasteiger partial charge is 0.493 e. The van der Waals surface area contributed by atoms with E-state index >= 15 is 0 Å². The van der Waals surface area contributed by atoms with Crippen LogP contribution in [0.5, 0.6) is 11.5 Å². The molecule has 3 rings (SSSR count). The molecule has 0 unspecified atom stereocenters. The SMILES string of the molecule is CC.COc1cc2c(cc1OC)CN(CCNC(=O)c1cccc(C)c1N)CC2. The number of hydrogen-bond acceptors (Lipinski definition) is 5. The fourth-order valence-electron chi connectivity index (χ4n) is 3.43. The van der Waals surface area contributed by atoms with Gasteiger partial charge in [-0.05, 0) is 48.2 Å². The van der Waals surface area contributed by atoms with Crippen LogP contribution in [0.1, 0.15) is 40.9 Å². The first-order valence-corrected chi connectivity index (χ1v) is 10.1. The minimum atomic E-state index is -0.125. The highest BCUT2D eigenvalue weighted by molar-refractivity contribution is 5.99. The standard InChI is InChI=1S/C21H27N3O3.C2H6/c1-14-5-4-6-17(20(14)22)21(25)23-8-10-24-9-7-15-11-18(26-2)19(27-3)12-16(15)13-24;1-2/h4-6,11-12H,7-10,13,22H2,1-3H3,(H,23,25);1-2H3. The zero-order chi connectivity index (χ0) is 21.4. The molecule has 0 radical (unpaired) electrons. The normalized spacial score (nSPS) is 13.0. The van der Waals surface area contributed by atoms with Crippen molar-refractivity contribution >= 4 is 11.6 Å². The zero-order valence-corrected chi connectivity index (χ0v) is 18.2. The number of carbonyl (C=O) groups excluding carboxylic acids is 1. The molecule has 0 atom stereocenters. The summed E-state index contributed by atoms with van der Waals surface area (Å²) in [6, 6.07) is 9.62. The van der Waals surface area contributed by atoms with Gasteiger partial charge >= 0.3 is 0 Å². The smallest absolute Gasteiger partial charge is 0.253 e. The average molecular weight is 400 g/mol. The predicted octanol–water partition coefficient (Wildman–Crippen LogP) is 3.41. The Bertz CT molecular complexity index is 836. The van der Waals surface area contributed by atoms with Crippen LogP contribution in [0.4, 0.5) is 5.69 Å². The summed E-state index contributed by atoms with van der Waals surface area (Å²) in [5.41, 5.74) is 10.5. The molecule has 1 amide bonds. The Labute approximate surface area is 174 Å². The molecule has 6 heteroatoms. The van der Waals surface area contributed by atoms with Crippen molar-refractivity contribution in [1.82, 2.24) is 10.2 Å². The highest BCUT2D eigenvalue weighted by Crippen LogP contribution is 2.33. The van der Waals surface area contributed by atoms with Gasteiger partial charge in [-0.15, -0.1) is 0 Å². The molecule has 1 heterocycles. The number of fused-ring (bicyclic) bond motifs is 1. The fourth-order valence-corrected chi connectivity index (χ4v) is 3.43. The molecule has 2 aromatic rings. The maximum Gasteiger partial charge on any atom is 0.253 e. The molecule has 0 fully saturated rings. The Morgan fingerprint density at radius 2 is 1.79 bits per heavy atom. The maximum atomic E-state index is 12.4. The van der Waals surface area contributed by atoms with Crippen molar-refractivity contribution in [2.75, 3.05) is 39.6 Å². The van der Waals surface area contributed by atoms with Crippen LogP contribution in [0.25, 0.3) is 0 Å². The number of nitrogens with one attached hydrogen (secondary N) is 1. The lowest BCUT2D eigenvalue weighted by Crippen LogP contribution is -2.38. The van der Waals surface area contributed by atoms with Gasteiger partial charge in [-0.2, -0.15) is 0 Å². The van der Waals surface area contributed by atoms with Crippen LogP contribution in [-0.4, -0.2) is 44.7 Å². The van der Waals surface area contributed by atoms with Gasteiger partial charge in [0, 0.05) is 31.9 Å². The summed E-state index contributed by atoms with van der Waals surface area (Å²) in [5.74, 6) is 1.40. The monoisotopic (exact) mass is 399 g/mol. The lowest BCUT2D eigenvalue weighted by Gasteiger charge is -2.29. The van der Waals surface area contributed by atoms with E-state index in [2.05, 4.69) is 16.3 Å². The number of aryl methyl sites for hydroxylation is 1. The lowest BCUT2D eigenvalue weighted by atomic mass is 9.99. The van der Waals surface area contributed by atoms with Gasteiger partial charge in [0.25, 0.3) is 5.91 Å². The first-order chi connectivity index (χ1) is 14.0. The number of nitrogens with zero attached hydrogens (tertiary/aromatic N) is 1. The summed E-state index contributed by atoms with van der Waals surface area (Å²) in [5, 5.41) is 2.97. The lowest BCUT2D eigenvalue weighted by molar-refractivity contribution is 0.0948. The molecule has 2 aromatic carbocycles. The second-order valence-electron chi connectivity index (χ2n) is 6.79. The van der Waals surface area contributed by atoms with Crippen LogP contribution in [0, 0.1) is 6.92 Å². The minimum Gasteiger partial charge on any atom is -0.493 e. The van der Waals surface area contributed by atoms with Gasteiger partial charge in [-0.25, -0.2) is 0 Å². The minimum absolute atomic E-state index is 0.125. The summed E-state index contributed by atoms with van der Waals surface area (Å²) < 4.78 is 10.8. The van der Waals surface area contributed by atoms with Crippen molar-refractivity contribution in [2.45, 2.75) is 33.7 Å². The average Bonchev–Trinajstić information content (AvgIpc) is 2.75.